The molecule has 0 amide bonds. The van der Waals surface area contributed by atoms with Crippen LogP contribution in [-0.2, 0) is 11.8 Å². The van der Waals surface area contributed by atoms with E-state index in [1.807, 2.05) is 0 Å². The lowest BCUT2D eigenvalue weighted by Gasteiger charge is -2.30. The van der Waals surface area contributed by atoms with Crippen LogP contribution in [0.3, 0.4) is 0 Å². The first-order valence-corrected chi connectivity index (χ1v) is 9.37. The fourth-order valence-corrected chi connectivity index (χ4v) is 3.34. The van der Waals surface area contributed by atoms with Crippen LogP contribution in [-0.4, -0.2) is 37.1 Å². The Morgan fingerprint density at radius 1 is 1.03 bits per heavy atom. The van der Waals surface area contributed by atoms with E-state index in [1.165, 1.54) is 0 Å². The van der Waals surface area contributed by atoms with Gasteiger partial charge in [0.15, 0.2) is 5.69 Å². The van der Waals surface area contributed by atoms with Gasteiger partial charge in [-0.25, -0.2) is 4.98 Å². The molecule has 0 aromatic carbocycles. The zero-order chi connectivity index (χ0) is 23.2. The monoisotopic (exact) mass is 454 g/mol. The van der Waals surface area contributed by atoms with Crippen LogP contribution >= 0.6 is 0 Å². The lowest BCUT2D eigenvalue weighted by atomic mass is 9.92. The summed E-state index contributed by atoms with van der Waals surface area (Å²) < 4.78 is 86.2. The summed E-state index contributed by atoms with van der Waals surface area (Å²) in [7, 11) is 0. The number of nitrogens with zero attached hydrogens (tertiary/aromatic N) is 3. The lowest BCUT2D eigenvalue weighted by Crippen LogP contribution is -2.42. The van der Waals surface area contributed by atoms with Crippen molar-refractivity contribution in [3.05, 3.63) is 17.5 Å². The molecule has 0 saturated carbocycles. The minimum atomic E-state index is -5.14. The number of hydrogen-bond donors (Lipinski definition) is 3. The van der Waals surface area contributed by atoms with Gasteiger partial charge in [0.2, 0.25) is 5.60 Å². The molecule has 0 radical (unpaired) electrons. The van der Waals surface area contributed by atoms with E-state index in [0.29, 0.717) is 18.9 Å². The summed E-state index contributed by atoms with van der Waals surface area (Å²) in [4.78, 5) is 3.74. The Hall–Kier alpha value is -2.57. The van der Waals surface area contributed by atoms with E-state index in [1.54, 1.807) is 13.8 Å². The summed E-state index contributed by atoms with van der Waals surface area (Å²) in [6.45, 7) is 3.23. The van der Waals surface area contributed by atoms with E-state index < -0.39 is 64.5 Å². The van der Waals surface area contributed by atoms with Gasteiger partial charge in [0.1, 0.15) is 17.1 Å². The minimum absolute atomic E-state index is 0.0492. The number of rotatable bonds is 0. The molecule has 13 heteroatoms. The zero-order valence-corrected chi connectivity index (χ0v) is 16.5. The number of fused-ring (bicyclic) bond motifs is 5. The number of aromatic nitrogens is 3. The molecule has 2 aromatic rings. The molecule has 4 bridgehead atoms. The van der Waals surface area contributed by atoms with Crippen molar-refractivity contribution in [3.8, 4) is 17.3 Å². The Kier molecular flexibility index (Phi) is 5.61. The Labute approximate surface area is 172 Å². The first kappa shape index (κ1) is 23.1. The summed E-state index contributed by atoms with van der Waals surface area (Å²) in [5.74, 6) is -3.61. The maximum absolute atomic E-state index is 13.6. The van der Waals surface area contributed by atoms with Crippen molar-refractivity contribution in [2.45, 2.75) is 69.4 Å². The third-order valence-electron chi connectivity index (χ3n) is 5.06. The second kappa shape index (κ2) is 7.53. The summed E-state index contributed by atoms with van der Waals surface area (Å²) in [6.07, 6.45) is -9.86. The molecular weight excluding hydrogens is 434 g/mol. The molecule has 0 saturated heterocycles. The van der Waals surface area contributed by atoms with Crippen LogP contribution in [0, 0.1) is 0 Å². The number of aromatic hydroxyl groups is 1. The molecular formula is C18H20F6N4O3. The molecule has 31 heavy (non-hydrogen) atoms. The Balaban J connectivity index is 2.21. The molecule has 3 rings (SSSR count). The number of pyridine rings is 1. The molecule has 0 unspecified atom stereocenters. The number of anilines is 1. The number of halogens is 6. The molecule has 0 spiro atoms. The van der Waals surface area contributed by atoms with Gasteiger partial charge in [-0.1, -0.05) is 12.8 Å². The lowest BCUT2D eigenvalue weighted by molar-refractivity contribution is -0.277. The van der Waals surface area contributed by atoms with E-state index in [-0.39, 0.29) is 12.8 Å². The van der Waals surface area contributed by atoms with Crippen LogP contribution in [0.15, 0.2) is 10.5 Å². The Morgan fingerprint density at radius 2 is 1.68 bits per heavy atom. The molecule has 3 heterocycles. The highest BCUT2D eigenvalue weighted by Gasteiger charge is 2.58. The number of aliphatic hydroxyl groups is 1. The van der Waals surface area contributed by atoms with Crippen LogP contribution in [0.5, 0.6) is 5.75 Å². The van der Waals surface area contributed by atoms with Gasteiger partial charge in [-0.3, -0.25) is 0 Å². The first-order chi connectivity index (χ1) is 14.1. The van der Waals surface area contributed by atoms with E-state index in [0.717, 1.165) is 0 Å². The topological polar surface area (TPSA) is 104 Å². The van der Waals surface area contributed by atoms with E-state index in [9.17, 15) is 36.6 Å². The third-order valence-corrected chi connectivity index (χ3v) is 5.06. The summed E-state index contributed by atoms with van der Waals surface area (Å²) in [5, 5.41) is 29.7. The molecule has 3 N–H and O–H groups in total. The molecule has 1 aliphatic rings. The molecule has 2 aromatic heterocycles. The molecule has 0 aliphatic carbocycles. The average Bonchev–Trinajstić information content (AvgIpc) is 3.09. The summed E-state index contributed by atoms with van der Waals surface area (Å²) in [6, 6.07) is 0.381. The Bertz CT molecular complexity index is 957. The zero-order valence-electron chi connectivity index (χ0n) is 16.5. The van der Waals surface area contributed by atoms with Crippen molar-refractivity contribution in [1.82, 2.24) is 15.2 Å². The van der Waals surface area contributed by atoms with Crippen molar-refractivity contribution < 1.29 is 41.0 Å². The second-order valence-electron chi connectivity index (χ2n) is 8.09. The van der Waals surface area contributed by atoms with Crippen LogP contribution in [0.4, 0.5) is 32.2 Å². The van der Waals surface area contributed by atoms with Crippen LogP contribution in [0.1, 0.15) is 57.4 Å². The highest BCUT2D eigenvalue weighted by atomic mass is 19.4. The fourth-order valence-electron chi connectivity index (χ4n) is 3.34. The molecule has 1 aliphatic heterocycles. The van der Waals surface area contributed by atoms with Gasteiger partial charge >= 0.3 is 12.4 Å². The molecule has 0 fully saturated rings. The maximum atomic E-state index is 13.6. The molecule has 7 nitrogen and oxygen atoms in total. The smallest absolute Gasteiger partial charge is 0.426 e. The molecule has 1 atom stereocenters. The van der Waals surface area contributed by atoms with Gasteiger partial charge in [-0.05, 0) is 39.2 Å². The van der Waals surface area contributed by atoms with E-state index in [2.05, 4.69) is 20.5 Å². The van der Waals surface area contributed by atoms with Crippen LogP contribution in [0.25, 0.3) is 11.6 Å². The predicted octanol–water partition coefficient (Wildman–Crippen LogP) is 4.76. The van der Waals surface area contributed by atoms with E-state index in [4.69, 9.17) is 4.42 Å². The average molecular weight is 454 g/mol. The van der Waals surface area contributed by atoms with Crippen LogP contribution < -0.4 is 5.32 Å². The first-order valence-electron chi connectivity index (χ1n) is 9.37. The van der Waals surface area contributed by atoms with Gasteiger partial charge in [-0.15, -0.1) is 10.2 Å². The van der Waals surface area contributed by atoms with Crippen molar-refractivity contribution in [3.63, 3.8) is 0 Å². The SMILES string of the molecule is CC1(C)CCCCC[C@](O)(C(F)(F)F)c2nnc(o2)-c2nc(c(C(F)(F)F)cc2O)N1. The highest BCUT2D eigenvalue weighted by Crippen LogP contribution is 2.45. The Morgan fingerprint density at radius 3 is 2.29 bits per heavy atom. The fraction of sp³-hybridized carbons (Fsp3) is 0.611. The number of nitrogens with one attached hydrogen (secondary N) is 1. The molecule has 172 valence electrons. The van der Waals surface area contributed by atoms with E-state index >= 15 is 0 Å². The maximum Gasteiger partial charge on any atom is 0.426 e. The van der Waals surface area contributed by atoms with Crippen molar-refractivity contribution >= 4 is 5.82 Å². The van der Waals surface area contributed by atoms with Crippen molar-refractivity contribution in [1.29, 1.82) is 0 Å². The third kappa shape index (κ3) is 4.55. The highest BCUT2D eigenvalue weighted by molar-refractivity contribution is 5.64. The normalized spacial score (nSPS) is 22.5. The van der Waals surface area contributed by atoms with Crippen molar-refractivity contribution in [2.24, 2.45) is 0 Å². The quantitative estimate of drug-likeness (QED) is 0.493. The minimum Gasteiger partial charge on any atom is -0.505 e. The largest absolute Gasteiger partial charge is 0.505 e. The van der Waals surface area contributed by atoms with Crippen molar-refractivity contribution in [2.75, 3.05) is 5.32 Å². The number of hydrogen-bond acceptors (Lipinski definition) is 7. The van der Waals surface area contributed by atoms with Gasteiger partial charge in [0, 0.05) is 5.54 Å². The summed E-state index contributed by atoms with van der Waals surface area (Å²) >= 11 is 0. The van der Waals surface area contributed by atoms with Gasteiger partial charge in [0.05, 0.1) is 0 Å². The number of alkyl halides is 6. The van der Waals surface area contributed by atoms with Gasteiger partial charge < -0.3 is 19.9 Å². The van der Waals surface area contributed by atoms with Crippen LogP contribution in [0.2, 0.25) is 0 Å². The standard InChI is InChI=1S/C18H20F6N4O3/c1-15(2)6-4-3-5-7-16(30,18(22,23)24)14-28-27-13(31-14)11-10(29)8-9(17(19,20)21)12(25-11)26-15/h8,29-30H,3-7H2,1-2H3,(H,25,26)/t16-/m1/s1. The van der Waals surface area contributed by atoms with Gasteiger partial charge in [-0.2, -0.15) is 26.3 Å². The second-order valence-corrected chi connectivity index (χ2v) is 8.09. The van der Waals surface area contributed by atoms with Gasteiger partial charge in [0.25, 0.3) is 11.8 Å². The summed E-state index contributed by atoms with van der Waals surface area (Å²) in [5.41, 5.74) is -6.27. The predicted molar refractivity (Wildman–Crippen MR) is 94.9 cm³/mol.